The standard InChI is InChI=1S/C15H23FN2/c1-6-18-12(10-7-11(16)9-17-8-10)13-14(2,3)15(13,4)5/h7-9,12-13,18H,6H2,1-5H3. The van der Waals surface area contributed by atoms with E-state index < -0.39 is 0 Å². The van der Waals surface area contributed by atoms with Gasteiger partial charge < -0.3 is 5.32 Å². The van der Waals surface area contributed by atoms with Crippen molar-refractivity contribution in [2.75, 3.05) is 6.54 Å². The van der Waals surface area contributed by atoms with Crippen molar-refractivity contribution < 1.29 is 4.39 Å². The Hall–Kier alpha value is -0.960. The SMILES string of the molecule is CCNC(c1cncc(F)c1)C1C(C)(C)C1(C)C. The molecule has 1 aromatic rings. The molecule has 2 rings (SSSR count). The summed E-state index contributed by atoms with van der Waals surface area (Å²) < 4.78 is 13.3. The van der Waals surface area contributed by atoms with E-state index in [4.69, 9.17) is 0 Å². The minimum atomic E-state index is -0.258. The third-order valence-electron chi connectivity index (χ3n) is 4.97. The van der Waals surface area contributed by atoms with Crippen molar-refractivity contribution in [3.8, 4) is 0 Å². The Labute approximate surface area is 109 Å². The predicted octanol–water partition coefficient (Wildman–Crippen LogP) is 3.55. The van der Waals surface area contributed by atoms with Gasteiger partial charge in [-0.15, -0.1) is 0 Å². The molecule has 0 radical (unpaired) electrons. The molecule has 0 aliphatic heterocycles. The van der Waals surface area contributed by atoms with Crippen LogP contribution in [0.25, 0.3) is 0 Å². The third-order valence-corrected chi connectivity index (χ3v) is 4.97. The molecule has 0 bridgehead atoms. The van der Waals surface area contributed by atoms with Gasteiger partial charge in [0.25, 0.3) is 0 Å². The molecule has 0 saturated heterocycles. The van der Waals surface area contributed by atoms with Crippen molar-refractivity contribution in [1.29, 1.82) is 0 Å². The van der Waals surface area contributed by atoms with Gasteiger partial charge in [0.15, 0.2) is 0 Å². The second-order valence-corrected chi connectivity index (χ2v) is 6.39. The lowest BCUT2D eigenvalue weighted by atomic mass is 9.98. The molecule has 3 heteroatoms. The van der Waals surface area contributed by atoms with Crippen molar-refractivity contribution >= 4 is 0 Å². The minimum absolute atomic E-state index is 0.184. The quantitative estimate of drug-likeness (QED) is 0.884. The van der Waals surface area contributed by atoms with Gasteiger partial charge in [-0.05, 0) is 34.9 Å². The largest absolute Gasteiger partial charge is 0.310 e. The molecule has 1 unspecified atom stereocenters. The first kappa shape index (κ1) is 13.5. The topological polar surface area (TPSA) is 24.9 Å². The molecule has 1 saturated carbocycles. The van der Waals surface area contributed by atoms with Crippen LogP contribution < -0.4 is 5.32 Å². The molecule has 1 aromatic heterocycles. The Morgan fingerprint density at radius 3 is 2.33 bits per heavy atom. The molecule has 1 fully saturated rings. The molecule has 18 heavy (non-hydrogen) atoms. The van der Waals surface area contributed by atoms with Crippen LogP contribution >= 0.6 is 0 Å². The van der Waals surface area contributed by atoms with Crippen molar-refractivity contribution in [1.82, 2.24) is 10.3 Å². The third kappa shape index (κ3) is 1.95. The fourth-order valence-corrected chi connectivity index (χ4v) is 3.33. The van der Waals surface area contributed by atoms with Gasteiger partial charge in [-0.1, -0.05) is 34.6 Å². The lowest BCUT2D eigenvalue weighted by Gasteiger charge is -2.20. The summed E-state index contributed by atoms with van der Waals surface area (Å²) in [4.78, 5) is 3.98. The maximum atomic E-state index is 13.3. The fraction of sp³-hybridized carbons (Fsp3) is 0.667. The number of nitrogens with one attached hydrogen (secondary N) is 1. The van der Waals surface area contributed by atoms with Crippen LogP contribution in [0.1, 0.15) is 46.2 Å². The molecule has 0 amide bonds. The Kier molecular flexibility index (Phi) is 3.22. The summed E-state index contributed by atoms with van der Waals surface area (Å²) in [5.41, 5.74) is 1.50. The number of rotatable bonds is 4. The highest BCUT2D eigenvalue weighted by Gasteiger charge is 2.67. The van der Waals surface area contributed by atoms with Crippen molar-refractivity contribution in [2.24, 2.45) is 16.7 Å². The molecule has 1 aliphatic carbocycles. The van der Waals surface area contributed by atoms with Crippen LogP contribution in [0.3, 0.4) is 0 Å². The second-order valence-electron chi connectivity index (χ2n) is 6.39. The maximum absolute atomic E-state index is 13.3. The first-order valence-electron chi connectivity index (χ1n) is 6.66. The summed E-state index contributed by atoms with van der Waals surface area (Å²) >= 11 is 0. The summed E-state index contributed by atoms with van der Waals surface area (Å²) in [6.07, 6.45) is 3.04. The van der Waals surface area contributed by atoms with Gasteiger partial charge in [-0.2, -0.15) is 0 Å². The summed E-state index contributed by atoms with van der Waals surface area (Å²) in [7, 11) is 0. The van der Waals surface area contributed by atoms with E-state index in [0.717, 1.165) is 12.1 Å². The molecule has 0 spiro atoms. The van der Waals surface area contributed by atoms with Gasteiger partial charge in [-0.25, -0.2) is 4.39 Å². The fourth-order valence-electron chi connectivity index (χ4n) is 3.33. The highest BCUT2D eigenvalue weighted by molar-refractivity contribution is 5.25. The van der Waals surface area contributed by atoms with Crippen molar-refractivity contribution in [3.05, 3.63) is 29.8 Å². The van der Waals surface area contributed by atoms with E-state index >= 15 is 0 Å². The second kappa shape index (κ2) is 4.30. The summed E-state index contributed by atoms with van der Waals surface area (Å²) in [6, 6.07) is 1.79. The van der Waals surface area contributed by atoms with E-state index in [1.54, 1.807) is 12.3 Å². The molecular formula is C15H23FN2. The highest BCUT2D eigenvalue weighted by Crippen LogP contribution is 2.72. The molecular weight excluding hydrogens is 227 g/mol. The number of hydrogen-bond acceptors (Lipinski definition) is 2. The van der Waals surface area contributed by atoms with E-state index in [1.165, 1.54) is 6.20 Å². The van der Waals surface area contributed by atoms with Gasteiger partial charge in [0.1, 0.15) is 5.82 Å². The van der Waals surface area contributed by atoms with Gasteiger partial charge >= 0.3 is 0 Å². The molecule has 1 atom stereocenters. The normalized spacial score (nSPS) is 22.8. The summed E-state index contributed by atoms with van der Waals surface area (Å²) in [6.45, 7) is 12.1. The maximum Gasteiger partial charge on any atom is 0.141 e. The Bertz CT molecular complexity index is 426. The van der Waals surface area contributed by atoms with E-state index in [1.807, 2.05) is 0 Å². The number of pyridine rings is 1. The predicted molar refractivity (Wildman–Crippen MR) is 71.7 cm³/mol. The van der Waals surface area contributed by atoms with E-state index in [-0.39, 0.29) is 22.7 Å². The van der Waals surface area contributed by atoms with E-state index in [2.05, 4.69) is 44.9 Å². The average molecular weight is 250 g/mol. The lowest BCUT2D eigenvalue weighted by molar-refractivity contribution is 0.415. The zero-order valence-electron chi connectivity index (χ0n) is 11.9. The Balaban J connectivity index is 2.31. The Morgan fingerprint density at radius 2 is 1.89 bits per heavy atom. The van der Waals surface area contributed by atoms with Crippen LogP contribution in [-0.2, 0) is 0 Å². The van der Waals surface area contributed by atoms with Crippen molar-refractivity contribution in [3.63, 3.8) is 0 Å². The molecule has 1 aliphatic rings. The highest BCUT2D eigenvalue weighted by atomic mass is 19.1. The Morgan fingerprint density at radius 1 is 1.28 bits per heavy atom. The molecule has 100 valence electrons. The van der Waals surface area contributed by atoms with Crippen LogP contribution in [-0.4, -0.2) is 11.5 Å². The van der Waals surface area contributed by atoms with Gasteiger partial charge in [0.2, 0.25) is 0 Å². The van der Waals surface area contributed by atoms with Crippen molar-refractivity contribution in [2.45, 2.75) is 40.7 Å². The molecule has 1 N–H and O–H groups in total. The number of aromatic nitrogens is 1. The van der Waals surface area contributed by atoms with Crippen LogP contribution in [0.5, 0.6) is 0 Å². The number of hydrogen-bond donors (Lipinski definition) is 1. The van der Waals surface area contributed by atoms with Crippen LogP contribution in [0.4, 0.5) is 4.39 Å². The zero-order valence-corrected chi connectivity index (χ0v) is 11.9. The summed E-state index contributed by atoms with van der Waals surface area (Å²) in [5.74, 6) is 0.250. The minimum Gasteiger partial charge on any atom is -0.310 e. The van der Waals surface area contributed by atoms with Gasteiger partial charge in [0.05, 0.1) is 6.20 Å². The van der Waals surface area contributed by atoms with Crippen LogP contribution in [0, 0.1) is 22.6 Å². The first-order valence-corrected chi connectivity index (χ1v) is 6.66. The molecule has 0 aromatic carbocycles. The number of nitrogens with zero attached hydrogens (tertiary/aromatic N) is 1. The lowest BCUT2D eigenvalue weighted by Crippen LogP contribution is -2.25. The number of halogens is 1. The van der Waals surface area contributed by atoms with E-state index in [9.17, 15) is 4.39 Å². The van der Waals surface area contributed by atoms with Gasteiger partial charge in [-0.3, -0.25) is 4.98 Å². The first-order chi connectivity index (χ1) is 8.32. The average Bonchev–Trinajstić information content (AvgIpc) is 2.67. The van der Waals surface area contributed by atoms with Gasteiger partial charge in [0, 0.05) is 12.2 Å². The molecule has 1 heterocycles. The van der Waals surface area contributed by atoms with Crippen LogP contribution in [0.2, 0.25) is 0 Å². The van der Waals surface area contributed by atoms with Crippen LogP contribution in [0.15, 0.2) is 18.5 Å². The zero-order chi connectivity index (χ0) is 13.6. The smallest absolute Gasteiger partial charge is 0.141 e. The molecule has 2 nitrogen and oxygen atoms in total. The van der Waals surface area contributed by atoms with E-state index in [0.29, 0.717) is 5.92 Å². The summed E-state index contributed by atoms with van der Waals surface area (Å²) in [5, 5.41) is 3.49. The monoisotopic (exact) mass is 250 g/mol.